The van der Waals surface area contributed by atoms with E-state index in [4.69, 9.17) is 10.2 Å². The van der Waals surface area contributed by atoms with Gasteiger partial charge in [0.1, 0.15) is 5.76 Å². The first-order chi connectivity index (χ1) is 7.20. The van der Waals surface area contributed by atoms with Crippen molar-refractivity contribution in [3.8, 4) is 11.3 Å². The molecule has 1 heterocycles. The highest BCUT2D eigenvalue weighted by molar-refractivity contribution is 5.85. The first-order valence-corrected chi connectivity index (χ1v) is 4.81. The van der Waals surface area contributed by atoms with E-state index in [-0.39, 0.29) is 17.8 Å². The molecule has 0 bridgehead atoms. The summed E-state index contributed by atoms with van der Waals surface area (Å²) >= 11 is 0. The number of nitrogens with zero attached hydrogens (tertiary/aromatic N) is 1. The molecule has 0 saturated heterocycles. The molecule has 2 aliphatic rings. The van der Waals surface area contributed by atoms with Gasteiger partial charge in [-0.25, -0.2) is 4.98 Å². The van der Waals surface area contributed by atoms with Crippen molar-refractivity contribution < 1.29 is 4.42 Å². The van der Waals surface area contributed by atoms with Crippen molar-refractivity contribution in [2.45, 2.75) is 13.3 Å². The van der Waals surface area contributed by atoms with Crippen molar-refractivity contribution in [2.75, 3.05) is 6.54 Å². The van der Waals surface area contributed by atoms with Crippen LogP contribution in [0.4, 0.5) is 0 Å². The van der Waals surface area contributed by atoms with Crippen LogP contribution in [-0.4, -0.2) is 11.5 Å². The SMILES string of the molecule is Cc1nc(CCN)oc2cc(=O)ccc1-2.Cl. The van der Waals surface area contributed by atoms with Gasteiger partial charge in [0, 0.05) is 24.6 Å². The minimum atomic E-state index is -0.0597. The van der Waals surface area contributed by atoms with Crippen molar-refractivity contribution in [1.29, 1.82) is 0 Å². The van der Waals surface area contributed by atoms with Crippen LogP contribution in [0, 0.1) is 6.92 Å². The molecule has 0 aromatic rings. The normalized spacial score (nSPS) is 10.1. The average Bonchev–Trinajstić information content (AvgIpc) is 2.17. The molecule has 2 rings (SSSR count). The van der Waals surface area contributed by atoms with Crippen LogP contribution in [-0.2, 0) is 6.42 Å². The van der Waals surface area contributed by atoms with Crippen molar-refractivity contribution >= 4 is 12.4 Å². The zero-order valence-corrected chi connectivity index (χ0v) is 9.71. The Bertz CT molecular complexity index is 510. The van der Waals surface area contributed by atoms with Crippen LogP contribution in [0.2, 0.25) is 0 Å². The van der Waals surface area contributed by atoms with E-state index in [0.29, 0.717) is 24.6 Å². The maximum absolute atomic E-state index is 11.2. The van der Waals surface area contributed by atoms with E-state index in [2.05, 4.69) is 4.98 Å². The van der Waals surface area contributed by atoms with Crippen LogP contribution >= 0.6 is 12.4 Å². The second-order valence-electron chi connectivity index (χ2n) is 3.39. The first-order valence-electron chi connectivity index (χ1n) is 4.81. The van der Waals surface area contributed by atoms with Gasteiger partial charge in [-0.3, -0.25) is 4.79 Å². The highest BCUT2D eigenvalue weighted by Crippen LogP contribution is 2.23. The predicted molar refractivity (Wildman–Crippen MR) is 64.1 cm³/mol. The number of aromatic nitrogens is 1. The fraction of sp³-hybridized carbons (Fsp3) is 0.273. The fourth-order valence-corrected chi connectivity index (χ4v) is 1.51. The summed E-state index contributed by atoms with van der Waals surface area (Å²) in [6.07, 6.45) is 0.583. The monoisotopic (exact) mass is 240 g/mol. The largest absolute Gasteiger partial charge is 0.442 e. The van der Waals surface area contributed by atoms with Gasteiger partial charge in [-0.05, 0) is 19.1 Å². The highest BCUT2D eigenvalue weighted by Gasteiger charge is 2.10. The number of hydrogen-bond acceptors (Lipinski definition) is 4. The zero-order valence-electron chi connectivity index (χ0n) is 8.90. The molecule has 1 aliphatic heterocycles. The quantitative estimate of drug-likeness (QED) is 0.861. The molecule has 4 nitrogen and oxygen atoms in total. The first kappa shape index (κ1) is 12.7. The molecular weight excluding hydrogens is 228 g/mol. The maximum atomic E-state index is 11.2. The Kier molecular flexibility index (Phi) is 4.04. The molecule has 0 aromatic heterocycles. The third-order valence-electron chi connectivity index (χ3n) is 2.22. The molecule has 0 amide bonds. The number of benzene rings is 1. The fourth-order valence-electron chi connectivity index (χ4n) is 1.51. The van der Waals surface area contributed by atoms with Gasteiger partial charge in [0.05, 0.1) is 5.69 Å². The second kappa shape index (κ2) is 5.09. The molecule has 0 spiro atoms. The van der Waals surface area contributed by atoms with E-state index < -0.39 is 0 Å². The number of halogens is 1. The summed E-state index contributed by atoms with van der Waals surface area (Å²) in [4.78, 5) is 15.4. The molecule has 1 aliphatic carbocycles. The number of aryl methyl sites for hydroxylation is 1. The molecule has 5 heteroatoms. The molecule has 16 heavy (non-hydrogen) atoms. The van der Waals surface area contributed by atoms with Crippen LogP contribution in [0.25, 0.3) is 11.3 Å². The van der Waals surface area contributed by atoms with Crippen LogP contribution in [0.5, 0.6) is 0 Å². The standard InChI is InChI=1S/C11H12N2O2.ClH/c1-7-9-3-2-8(14)6-10(9)15-11(13-7)4-5-12;/h2-3,6H,4-5,12H2,1H3;1H. The van der Waals surface area contributed by atoms with Gasteiger partial charge in [0.25, 0.3) is 0 Å². The summed E-state index contributed by atoms with van der Waals surface area (Å²) in [7, 11) is 0. The lowest BCUT2D eigenvalue weighted by Gasteiger charge is -2.08. The lowest BCUT2D eigenvalue weighted by molar-refractivity contribution is 0.475. The van der Waals surface area contributed by atoms with Crippen molar-refractivity contribution in [3.05, 3.63) is 40.0 Å². The number of nitrogens with two attached hydrogens (primary N) is 1. The van der Waals surface area contributed by atoms with Crippen LogP contribution in [0.3, 0.4) is 0 Å². The third kappa shape index (κ3) is 2.40. The van der Waals surface area contributed by atoms with E-state index >= 15 is 0 Å². The topological polar surface area (TPSA) is 69.1 Å². The van der Waals surface area contributed by atoms with Gasteiger partial charge >= 0.3 is 0 Å². The number of hydrogen-bond donors (Lipinski definition) is 1. The van der Waals surface area contributed by atoms with E-state index in [0.717, 1.165) is 11.3 Å². The Morgan fingerprint density at radius 3 is 2.88 bits per heavy atom. The highest BCUT2D eigenvalue weighted by atomic mass is 35.5. The lowest BCUT2D eigenvalue weighted by atomic mass is 10.1. The molecule has 0 atom stereocenters. The second-order valence-corrected chi connectivity index (χ2v) is 3.39. The van der Waals surface area contributed by atoms with Gasteiger partial charge in [0.2, 0.25) is 0 Å². The number of rotatable bonds is 2. The molecular formula is C11H13ClN2O2. The third-order valence-corrected chi connectivity index (χ3v) is 2.22. The molecule has 0 aromatic carbocycles. The minimum absolute atomic E-state index is 0. The average molecular weight is 241 g/mol. The summed E-state index contributed by atoms with van der Waals surface area (Å²) in [5, 5.41) is 0. The van der Waals surface area contributed by atoms with Gasteiger partial charge < -0.3 is 10.2 Å². The van der Waals surface area contributed by atoms with Gasteiger partial charge in [-0.2, -0.15) is 0 Å². The smallest absolute Gasteiger partial charge is 0.196 e. The molecule has 0 fully saturated rings. The molecule has 0 unspecified atom stereocenters. The minimum Gasteiger partial charge on any atom is -0.442 e. The van der Waals surface area contributed by atoms with Crippen molar-refractivity contribution in [1.82, 2.24) is 4.98 Å². The predicted octanol–water partition coefficient (Wildman–Crippen LogP) is 1.37. The Morgan fingerprint density at radius 2 is 2.19 bits per heavy atom. The van der Waals surface area contributed by atoms with E-state index in [9.17, 15) is 4.79 Å². The van der Waals surface area contributed by atoms with Crippen molar-refractivity contribution in [3.63, 3.8) is 0 Å². The molecule has 0 saturated carbocycles. The Morgan fingerprint density at radius 1 is 1.44 bits per heavy atom. The number of fused-ring (bicyclic) bond motifs is 1. The summed E-state index contributed by atoms with van der Waals surface area (Å²) in [5.74, 6) is 1.16. The van der Waals surface area contributed by atoms with Crippen molar-refractivity contribution in [2.24, 2.45) is 5.73 Å². The van der Waals surface area contributed by atoms with Crippen LogP contribution < -0.4 is 11.2 Å². The Labute approximate surface area is 99.2 Å². The van der Waals surface area contributed by atoms with Gasteiger partial charge in [-0.15, -0.1) is 12.4 Å². The van der Waals surface area contributed by atoms with Gasteiger partial charge in [-0.1, -0.05) is 0 Å². The molecule has 2 N–H and O–H groups in total. The lowest BCUT2D eigenvalue weighted by Crippen LogP contribution is -2.07. The van der Waals surface area contributed by atoms with Crippen LogP contribution in [0.15, 0.2) is 27.4 Å². The maximum Gasteiger partial charge on any atom is 0.196 e. The van der Waals surface area contributed by atoms with Crippen LogP contribution in [0.1, 0.15) is 11.6 Å². The van der Waals surface area contributed by atoms with Gasteiger partial charge in [0.15, 0.2) is 11.3 Å². The summed E-state index contributed by atoms with van der Waals surface area (Å²) in [6, 6.07) is 4.72. The molecule has 0 radical (unpaired) electrons. The van der Waals surface area contributed by atoms with E-state index in [1.54, 1.807) is 6.07 Å². The van der Waals surface area contributed by atoms with E-state index in [1.807, 2.05) is 6.92 Å². The summed E-state index contributed by atoms with van der Waals surface area (Å²) in [6.45, 7) is 2.38. The summed E-state index contributed by atoms with van der Waals surface area (Å²) in [5.41, 5.74) is 7.09. The Hall–Kier alpha value is -1.39. The summed E-state index contributed by atoms with van der Waals surface area (Å²) < 4.78 is 5.47. The molecule has 86 valence electrons. The zero-order chi connectivity index (χ0) is 10.8. The Balaban J connectivity index is 0.00000128. The van der Waals surface area contributed by atoms with E-state index in [1.165, 1.54) is 12.1 Å².